The summed E-state index contributed by atoms with van der Waals surface area (Å²) in [5, 5.41) is 2.69. The second-order valence-corrected chi connectivity index (χ2v) is 4.19. The van der Waals surface area contributed by atoms with E-state index in [1.165, 1.54) is 16.1 Å². The first-order chi connectivity index (χ1) is 4.93. The molecule has 0 atom stereocenters. The minimum Gasteiger partial charge on any atom is -1.00 e. The van der Waals surface area contributed by atoms with Gasteiger partial charge in [-0.25, -0.2) is 0 Å². The summed E-state index contributed by atoms with van der Waals surface area (Å²) in [5.41, 5.74) is 1.50. The van der Waals surface area contributed by atoms with Gasteiger partial charge in [0.25, 0.3) is 0 Å². The summed E-state index contributed by atoms with van der Waals surface area (Å²) in [6.45, 7) is 2.26. The molecule has 2 heteroatoms. The minimum atomic E-state index is 0. The van der Waals surface area contributed by atoms with Crippen LogP contribution in [0.5, 0.6) is 0 Å². The van der Waals surface area contributed by atoms with Crippen LogP contribution in [0.15, 0.2) is 30.3 Å². The summed E-state index contributed by atoms with van der Waals surface area (Å²) in [6.07, 6.45) is 0. The first kappa shape index (κ1) is 10.7. The molecular weight excluding hydrogens is 154 g/mol. The maximum atomic E-state index is 2.26. The molecular formula is C9H12AlF. The summed E-state index contributed by atoms with van der Waals surface area (Å²) in [7, 11) is 0. The number of rotatable bonds is 3. The first-order valence-electron chi connectivity index (χ1n) is 3.79. The smallest absolute Gasteiger partial charge is 1.00 e. The van der Waals surface area contributed by atoms with Gasteiger partial charge < -0.3 is 4.70 Å². The molecule has 0 bridgehead atoms. The average Bonchev–Trinajstić information content (AvgIpc) is 2.03. The van der Waals surface area contributed by atoms with Crippen LogP contribution in [0.4, 0.5) is 0 Å². The Balaban J connectivity index is 0.000001000. The van der Waals surface area contributed by atoms with E-state index in [0.717, 1.165) is 0 Å². The third-order valence-corrected chi connectivity index (χ3v) is 2.85. The fourth-order valence-electron chi connectivity index (χ4n) is 0.925. The molecule has 58 valence electrons. The predicted molar refractivity (Wildman–Crippen MR) is 46.4 cm³/mol. The van der Waals surface area contributed by atoms with E-state index in [9.17, 15) is 0 Å². The maximum absolute atomic E-state index is 2.26. The second-order valence-electron chi connectivity index (χ2n) is 2.39. The number of hydrogen-bond donors (Lipinski definition) is 0. The van der Waals surface area contributed by atoms with Gasteiger partial charge in [0.2, 0.25) is 0 Å². The van der Waals surface area contributed by atoms with Crippen LogP contribution in [0, 0.1) is 0 Å². The Hall–Kier alpha value is -0.318. The third kappa shape index (κ3) is 4.19. The average molecular weight is 166 g/mol. The number of halogens is 1. The zero-order valence-corrected chi connectivity index (χ0v) is 7.91. The summed E-state index contributed by atoms with van der Waals surface area (Å²) >= 11 is 0.658. The van der Waals surface area contributed by atoms with Crippen molar-refractivity contribution in [2.45, 2.75) is 17.5 Å². The summed E-state index contributed by atoms with van der Waals surface area (Å²) in [5.74, 6) is 0. The van der Waals surface area contributed by atoms with Gasteiger partial charge in [0, 0.05) is 0 Å². The van der Waals surface area contributed by atoms with Crippen LogP contribution in [-0.2, 0) is 5.28 Å². The van der Waals surface area contributed by atoms with Gasteiger partial charge in [0.05, 0.1) is 0 Å². The molecule has 0 aromatic heterocycles. The van der Waals surface area contributed by atoms with Crippen LogP contribution in [0.25, 0.3) is 0 Å². The van der Waals surface area contributed by atoms with Crippen molar-refractivity contribution in [3.63, 3.8) is 0 Å². The Morgan fingerprint density at radius 3 is 2.36 bits per heavy atom. The molecule has 0 unspecified atom stereocenters. The van der Waals surface area contributed by atoms with Crippen molar-refractivity contribution in [3.8, 4) is 0 Å². The van der Waals surface area contributed by atoms with Gasteiger partial charge >= 0.3 is 68.6 Å². The molecule has 0 aliphatic heterocycles. The van der Waals surface area contributed by atoms with Gasteiger partial charge in [-0.2, -0.15) is 0 Å². The van der Waals surface area contributed by atoms with E-state index in [0.29, 0.717) is 15.2 Å². The van der Waals surface area contributed by atoms with Crippen LogP contribution < -0.4 is 4.70 Å². The van der Waals surface area contributed by atoms with Crippen molar-refractivity contribution in [2.24, 2.45) is 0 Å². The van der Waals surface area contributed by atoms with Gasteiger partial charge in [-0.05, 0) is 0 Å². The summed E-state index contributed by atoms with van der Waals surface area (Å²) in [4.78, 5) is 0. The fourth-order valence-corrected chi connectivity index (χ4v) is 1.82. The zero-order valence-electron chi connectivity index (χ0n) is 6.76. The van der Waals surface area contributed by atoms with Crippen LogP contribution in [0.3, 0.4) is 0 Å². The van der Waals surface area contributed by atoms with Crippen LogP contribution in [0.1, 0.15) is 12.5 Å². The van der Waals surface area contributed by atoms with Crippen molar-refractivity contribution >= 4 is 15.2 Å². The number of benzene rings is 1. The molecule has 0 spiro atoms. The van der Waals surface area contributed by atoms with Crippen LogP contribution >= 0.6 is 0 Å². The van der Waals surface area contributed by atoms with Crippen molar-refractivity contribution in [2.75, 3.05) is 0 Å². The quantitative estimate of drug-likeness (QED) is 0.523. The van der Waals surface area contributed by atoms with Gasteiger partial charge in [0.1, 0.15) is 0 Å². The molecule has 0 aliphatic carbocycles. The van der Waals surface area contributed by atoms with Crippen molar-refractivity contribution in [1.29, 1.82) is 0 Å². The molecule has 11 heavy (non-hydrogen) atoms. The van der Waals surface area contributed by atoms with E-state index in [2.05, 4.69) is 37.3 Å². The molecule has 0 saturated carbocycles. The Morgan fingerprint density at radius 1 is 1.18 bits per heavy atom. The van der Waals surface area contributed by atoms with E-state index >= 15 is 0 Å². The van der Waals surface area contributed by atoms with E-state index in [4.69, 9.17) is 0 Å². The van der Waals surface area contributed by atoms with Gasteiger partial charge in [-0.3, -0.25) is 0 Å². The van der Waals surface area contributed by atoms with E-state index in [1.54, 1.807) is 0 Å². The van der Waals surface area contributed by atoms with Gasteiger partial charge in [-0.1, -0.05) is 0 Å². The Kier molecular flexibility index (Phi) is 6.21. The topological polar surface area (TPSA) is 0 Å². The molecule has 0 radical (unpaired) electrons. The maximum Gasteiger partial charge on any atom is -1.00 e. The summed E-state index contributed by atoms with van der Waals surface area (Å²) < 4.78 is 0. The first-order valence-corrected chi connectivity index (χ1v) is 5.42. The van der Waals surface area contributed by atoms with E-state index < -0.39 is 0 Å². The SMILES string of the molecule is C[CH2][Al+][CH2]c1ccccc1.[F-]. The van der Waals surface area contributed by atoms with Crippen LogP contribution in [-0.4, -0.2) is 15.2 Å². The molecule has 0 nitrogen and oxygen atoms in total. The molecule has 0 heterocycles. The molecule has 0 amide bonds. The van der Waals surface area contributed by atoms with E-state index in [-0.39, 0.29) is 4.70 Å². The molecule has 1 aromatic carbocycles. The molecule has 0 saturated heterocycles. The predicted octanol–water partition coefficient (Wildman–Crippen LogP) is -0.667. The molecule has 1 rings (SSSR count). The van der Waals surface area contributed by atoms with Crippen molar-refractivity contribution in [3.05, 3.63) is 35.9 Å². The van der Waals surface area contributed by atoms with Crippen LogP contribution in [0.2, 0.25) is 5.28 Å². The van der Waals surface area contributed by atoms with E-state index in [1.807, 2.05) is 0 Å². The monoisotopic (exact) mass is 166 g/mol. The third-order valence-electron chi connectivity index (χ3n) is 1.51. The number of hydrogen-bond acceptors (Lipinski definition) is 0. The molecule has 0 N–H and O–H groups in total. The Labute approximate surface area is 73.7 Å². The molecule has 0 fully saturated rings. The van der Waals surface area contributed by atoms with Crippen molar-refractivity contribution < 1.29 is 4.70 Å². The summed E-state index contributed by atoms with van der Waals surface area (Å²) in [6, 6.07) is 10.7. The van der Waals surface area contributed by atoms with Gasteiger partial charge in [-0.15, -0.1) is 0 Å². The fraction of sp³-hybridized carbons (Fsp3) is 0.333. The van der Waals surface area contributed by atoms with Gasteiger partial charge in [0.15, 0.2) is 0 Å². The Bertz CT molecular complexity index is 174. The zero-order chi connectivity index (χ0) is 7.23. The minimum absolute atomic E-state index is 0. The Morgan fingerprint density at radius 2 is 1.82 bits per heavy atom. The standard InChI is InChI=1S/C7H7.C2H5.Al.FH/c1-7-5-3-2-4-6-7;1-2;;/h2-6H,1H2;1H2,2H3;;1H/q;;+1;/p-1. The largest absolute Gasteiger partial charge is 1.00 e. The normalized spacial score (nSPS) is 8.09. The molecule has 0 aliphatic rings. The molecule has 1 aromatic rings. The van der Waals surface area contributed by atoms with Crippen molar-refractivity contribution in [1.82, 2.24) is 0 Å². The second kappa shape index (κ2) is 6.40.